The molecule has 0 bridgehead atoms. The highest BCUT2D eigenvalue weighted by molar-refractivity contribution is 5.94. The molecule has 25 heavy (non-hydrogen) atoms. The summed E-state index contributed by atoms with van der Waals surface area (Å²) >= 11 is 0. The van der Waals surface area contributed by atoms with E-state index >= 15 is 0 Å². The van der Waals surface area contributed by atoms with Crippen molar-refractivity contribution < 1.29 is 9.90 Å². The van der Waals surface area contributed by atoms with E-state index < -0.39 is 5.60 Å². The van der Waals surface area contributed by atoms with Gasteiger partial charge >= 0.3 is 0 Å². The Bertz CT molecular complexity index is 697. The largest absolute Gasteiger partial charge is 0.388 e. The quantitative estimate of drug-likeness (QED) is 0.920. The summed E-state index contributed by atoms with van der Waals surface area (Å²) in [7, 11) is 3.93. The lowest BCUT2D eigenvalue weighted by atomic mass is 9.94. The van der Waals surface area contributed by atoms with Crippen LogP contribution < -0.4 is 0 Å². The molecule has 1 aliphatic heterocycles. The van der Waals surface area contributed by atoms with Gasteiger partial charge in [-0.05, 0) is 57.6 Å². The third kappa shape index (κ3) is 4.27. The fourth-order valence-electron chi connectivity index (χ4n) is 3.50. The lowest BCUT2D eigenvalue weighted by Crippen LogP contribution is -2.41. The van der Waals surface area contributed by atoms with Crippen molar-refractivity contribution in [2.24, 2.45) is 0 Å². The Hall–Kier alpha value is -2.18. The van der Waals surface area contributed by atoms with Crippen LogP contribution >= 0.6 is 0 Å². The molecule has 6 nitrogen and oxygen atoms in total. The molecule has 3 rings (SSSR count). The van der Waals surface area contributed by atoms with Crippen LogP contribution in [0.3, 0.4) is 0 Å². The number of hydrogen-bond acceptors (Lipinski definition) is 4. The van der Waals surface area contributed by atoms with E-state index in [2.05, 4.69) is 4.98 Å². The van der Waals surface area contributed by atoms with Gasteiger partial charge in [-0.3, -0.25) is 4.79 Å². The predicted octanol–water partition coefficient (Wildman–Crippen LogP) is 1.79. The summed E-state index contributed by atoms with van der Waals surface area (Å²) < 4.78 is 1.90. The summed E-state index contributed by atoms with van der Waals surface area (Å²) in [6.45, 7) is 1.92. The van der Waals surface area contributed by atoms with Gasteiger partial charge in [-0.15, -0.1) is 0 Å². The first-order valence-corrected chi connectivity index (χ1v) is 8.72. The third-order valence-corrected chi connectivity index (χ3v) is 4.73. The van der Waals surface area contributed by atoms with Crippen LogP contribution in [0.5, 0.6) is 0 Å². The van der Waals surface area contributed by atoms with E-state index in [0.717, 1.165) is 18.5 Å². The Labute approximate surface area is 148 Å². The first-order valence-electron chi connectivity index (χ1n) is 8.72. The van der Waals surface area contributed by atoms with E-state index in [0.29, 0.717) is 31.6 Å². The highest BCUT2D eigenvalue weighted by Gasteiger charge is 2.32. The monoisotopic (exact) mass is 342 g/mol. The van der Waals surface area contributed by atoms with Crippen molar-refractivity contribution in [3.63, 3.8) is 0 Å². The second-order valence-corrected chi connectivity index (χ2v) is 7.12. The SMILES string of the molecule is CN(C)C[C@@]1(O)CCCN(C(=O)c2ccc(-n3ccnc3)cc2)CC1. The minimum Gasteiger partial charge on any atom is -0.388 e. The Morgan fingerprint density at radius 1 is 1.24 bits per heavy atom. The maximum Gasteiger partial charge on any atom is 0.253 e. The fraction of sp³-hybridized carbons (Fsp3) is 0.474. The molecule has 0 unspecified atom stereocenters. The van der Waals surface area contributed by atoms with Crippen LogP contribution in [-0.2, 0) is 0 Å². The van der Waals surface area contributed by atoms with Gasteiger partial charge in [0.2, 0.25) is 0 Å². The van der Waals surface area contributed by atoms with Crippen LogP contribution in [0.2, 0.25) is 0 Å². The number of aliphatic hydroxyl groups is 1. The van der Waals surface area contributed by atoms with E-state index in [1.807, 2.05) is 58.9 Å². The van der Waals surface area contributed by atoms with E-state index in [1.165, 1.54) is 0 Å². The van der Waals surface area contributed by atoms with Gasteiger partial charge < -0.3 is 19.5 Å². The van der Waals surface area contributed by atoms with Crippen LogP contribution in [0.4, 0.5) is 0 Å². The lowest BCUT2D eigenvalue weighted by molar-refractivity contribution is 0.00305. The second kappa shape index (κ2) is 7.37. The van der Waals surface area contributed by atoms with Gasteiger partial charge in [-0.1, -0.05) is 0 Å². The van der Waals surface area contributed by atoms with Gasteiger partial charge in [0, 0.05) is 43.3 Å². The van der Waals surface area contributed by atoms with Gasteiger partial charge in [0.25, 0.3) is 5.91 Å². The zero-order valence-corrected chi connectivity index (χ0v) is 14.9. The molecule has 1 aromatic heterocycles. The van der Waals surface area contributed by atoms with Gasteiger partial charge in [-0.25, -0.2) is 4.98 Å². The third-order valence-electron chi connectivity index (χ3n) is 4.73. The molecule has 0 radical (unpaired) electrons. The molecule has 0 spiro atoms. The van der Waals surface area contributed by atoms with Crippen molar-refractivity contribution in [3.05, 3.63) is 48.5 Å². The number of benzene rings is 1. The first-order chi connectivity index (χ1) is 12.0. The summed E-state index contributed by atoms with van der Waals surface area (Å²) in [5, 5.41) is 10.7. The topological polar surface area (TPSA) is 61.6 Å². The molecular weight excluding hydrogens is 316 g/mol. The maximum absolute atomic E-state index is 12.8. The van der Waals surface area contributed by atoms with Gasteiger partial charge in [0.15, 0.2) is 0 Å². The van der Waals surface area contributed by atoms with Crippen LogP contribution in [-0.4, -0.2) is 69.7 Å². The van der Waals surface area contributed by atoms with Gasteiger partial charge in [0.05, 0.1) is 11.9 Å². The van der Waals surface area contributed by atoms with Crippen molar-refractivity contribution >= 4 is 5.91 Å². The Balaban J connectivity index is 1.67. The van der Waals surface area contributed by atoms with Crippen LogP contribution in [0.25, 0.3) is 5.69 Å². The van der Waals surface area contributed by atoms with E-state index in [9.17, 15) is 9.90 Å². The average molecular weight is 342 g/mol. The predicted molar refractivity (Wildman–Crippen MR) is 96.8 cm³/mol. The summed E-state index contributed by atoms with van der Waals surface area (Å²) in [5.41, 5.74) is 0.955. The highest BCUT2D eigenvalue weighted by atomic mass is 16.3. The molecule has 134 valence electrons. The number of likely N-dealkylation sites (tertiary alicyclic amines) is 1. The summed E-state index contributed by atoms with van der Waals surface area (Å²) in [5.74, 6) is 0.0336. The van der Waals surface area contributed by atoms with Crippen LogP contribution in [0, 0.1) is 0 Å². The lowest BCUT2D eigenvalue weighted by Gasteiger charge is -2.30. The first kappa shape index (κ1) is 17.6. The normalized spacial score (nSPS) is 21.4. The van der Waals surface area contributed by atoms with Gasteiger partial charge in [-0.2, -0.15) is 0 Å². The maximum atomic E-state index is 12.8. The number of carbonyl (C=O) groups is 1. The minimum atomic E-state index is -0.705. The molecule has 0 saturated carbocycles. The number of amides is 1. The smallest absolute Gasteiger partial charge is 0.253 e. The molecule has 1 aromatic carbocycles. The van der Waals surface area contributed by atoms with Crippen molar-refractivity contribution in [3.8, 4) is 5.69 Å². The van der Waals surface area contributed by atoms with Crippen molar-refractivity contribution in [1.82, 2.24) is 19.4 Å². The Morgan fingerprint density at radius 2 is 2.00 bits per heavy atom. The summed E-state index contributed by atoms with van der Waals surface area (Å²) in [6, 6.07) is 7.56. The Kier molecular flexibility index (Phi) is 5.20. The number of aromatic nitrogens is 2. The van der Waals surface area contributed by atoms with Crippen molar-refractivity contribution in [1.29, 1.82) is 0 Å². The molecular formula is C19H26N4O2. The molecule has 1 fully saturated rings. The fourth-order valence-corrected chi connectivity index (χ4v) is 3.50. The molecule has 6 heteroatoms. The molecule has 1 atom stereocenters. The van der Waals surface area contributed by atoms with Crippen LogP contribution in [0.15, 0.2) is 43.0 Å². The number of imidazole rings is 1. The standard InChI is InChI=1S/C19H26N4O2/c1-21(2)14-19(25)8-3-11-22(12-9-19)18(24)16-4-6-17(7-5-16)23-13-10-20-15-23/h4-7,10,13,15,25H,3,8-9,11-12,14H2,1-2H3/t19-/m1/s1. The second-order valence-electron chi connectivity index (χ2n) is 7.12. The molecule has 0 aliphatic carbocycles. The summed E-state index contributed by atoms with van der Waals surface area (Å²) in [4.78, 5) is 20.7. The van der Waals surface area contributed by atoms with Crippen LogP contribution in [0.1, 0.15) is 29.6 Å². The highest BCUT2D eigenvalue weighted by Crippen LogP contribution is 2.24. The number of nitrogens with zero attached hydrogens (tertiary/aromatic N) is 4. The molecule has 1 aliphatic rings. The number of likely N-dealkylation sites (N-methyl/N-ethyl adjacent to an activating group) is 1. The Morgan fingerprint density at radius 3 is 2.64 bits per heavy atom. The van der Waals surface area contributed by atoms with Crippen molar-refractivity contribution in [2.75, 3.05) is 33.7 Å². The molecule has 2 heterocycles. The molecule has 2 aromatic rings. The molecule has 1 saturated heterocycles. The minimum absolute atomic E-state index is 0.0336. The van der Waals surface area contributed by atoms with Crippen molar-refractivity contribution in [2.45, 2.75) is 24.9 Å². The number of hydrogen-bond donors (Lipinski definition) is 1. The average Bonchev–Trinajstić information content (AvgIpc) is 3.05. The van der Waals surface area contributed by atoms with E-state index in [-0.39, 0.29) is 5.91 Å². The number of rotatable bonds is 4. The molecule has 1 N–H and O–H groups in total. The number of carbonyl (C=O) groups excluding carboxylic acids is 1. The molecule has 1 amide bonds. The summed E-state index contributed by atoms with van der Waals surface area (Å²) in [6.07, 6.45) is 7.50. The van der Waals surface area contributed by atoms with E-state index in [4.69, 9.17) is 0 Å². The van der Waals surface area contributed by atoms with E-state index in [1.54, 1.807) is 12.5 Å². The zero-order chi connectivity index (χ0) is 17.9. The zero-order valence-electron chi connectivity index (χ0n) is 14.9. The van der Waals surface area contributed by atoms with Gasteiger partial charge in [0.1, 0.15) is 0 Å².